The Morgan fingerprint density at radius 3 is 2.71 bits per heavy atom. The van der Waals surface area contributed by atoms with Crippen molar-refractivity contribution in [3.63, 3.8) is 0 Å². The van der Waals surface area contributed by atoms with Crippen molar-refractivity contribution in [1.29, 1.82) is 0 Å². The first-order valence-electron chi connectivity index (χ1n) is 7.35. The van der Waals surface area contributed by atoms with Gasteiger partial charge in [0.15, 0.2) is 0 Å². The predicted octanol–water partition coefficient (Wildman–Crippen LogP) is 3.29. The van der Waals surface area contributed by atoms with Crippen LogP contribution in [0.5, 0.6) is 0 Å². The molecule has 132 valence electrons. The lowest BCUT2D eigenvalue weighted by molar-refractivity contribution is -0.131. The van der Waals surface area contributed by atoms with Crippen LogP contribution in [-0.4, -0.2) is 34.9 Å². The van der Waals surface area contributed by atoms with Crippen LogP contribution in [-0.2, 0) is 11.2 Å². The van der Waals surface area contributed by atoms with Crippen molar-refractivity contribution in [3.05, 3.63) is 41.2 Å². The van der Waals surface area contributed by atoms with Gasteiger partial charge in [0, 0.05) is 30.1 Å². The fraction of sp³-hybridized carbons (Fsp3) is 0.375. The minimum atomic E-state index is -0.282. The average molecular weight is 392 g/mol. The Kier molecular flexibility index (Phi) is 8.09. The first kappa shape index (κ1) is 20.8. The largest absolute Gasteiger partial charge is 0.342 e. The molecule has 8 heteroatoms. The fourth-order valence-electron chi connectivity index (χ4n) is 2.56. The van der Waals surface area contributed by atoms with Gasteiger partial charge < -0.3 is 10.6 Å². The molecule has 0 spiro atoms. The average Bonchev–Trinajstić information content (AvgIpc) is 2.96. The molecule has 0 atom stereocenters. The molecule has 2 N–H and O–H groups in total. The van der Waals surface area contributed by atoms with E-state index in [0.29, 0.717) is 6.42 Å². The number of aromatic nitrogens is 1. The zero-order valence-electron chi connectivity index (χ0n) is 13.0. The number of halogens is 3. The van der Waals surface area contributed by atoms with E-state index < -0.39 is 0 Å². The van der Waals surface area contributed by atoms with Crippen molar-refractivity contribution in [1.82, 2.24) is 9.88 Å². The summed E-state index contributed by atoms with van der Waals surface area (Å²) in [5.74, 6) is -0.196. The molecular weight excluding hydrogens is 372 g/mol. The standard InChI is InChI=1S/C16H18FN3OS.2ClH/c17-12-3-1-2-11(8-12)16-19-14(10-22-16)9-15(21)20-6-4-13(18)5-7-20;;/h1-3,8,10,13H,4-7,9,18H2;2*1H. The Morgan fingerprint density at radius 2 is 2.04 bits per heavy atom. The van der Waals surface area contributed by atoms with E-state index in [1.165, 1.54) is 23.5 Å². The molecule has 2 aromatic rings. The quantitative estimate of drug-likeness (QED) is 0.872. The molecule has 1 aliphatic heterocycles. The first-order valence-corrected chi connectivity index (χ1v) is 8.23. The minimum Gasteiger partial charge on any atom is -0.342 e. The molecule has 0 aliphatic carbocycles. The van der Waals surface area contributed by atoms with Crippen molar-refractivity contribution in [3.8, 4) is 10.6 Å². The zero-order valence-corrected chi connectivity index (χ0v) is 15.4. The molecule has 0 bridgehead atoms. The van der Waals surface area contributed by atoms with Gasteiger partial charge in [-0.2, -0.15) is 0 Å². The molecule has 0 saturated carbocycles. The SMILES string of the molecule is Cl.Cl.NC1CCN(C(=O)Cc2csc(-c3cccc(F)c3)n2)CC1. The molecule has 1 aromatic heterocycles. The maximum absolute atomic E-state index is 13.3. The van der Waals surface area contributed by atoms with E-state index in [-0.39, 0.29) is 42.6 Å². The van der Waals surface area contributed by atoms with Crippen LogP contribution in [0.25, 0.3) is 10.6 Å². The highest BCUT2D eigenvalue weighted by atomic mass is 35.5. The highest BCUT2D eigenvalue weighted by Crippen LogP contribution is 2.24. The van der Waals surface area contributed by atoms with E-state index >= 15 is 0 Å². The van der Waals surface area contributed by atoms with Gasteiger partial charge in [0.2, 0.25) is 5.91 Å². The maximum atomic E-state index is 13.3. The molecular formula is C16H20Cl2FN3OS. The summed E-state index contributed by atoms with van der Waals surface area (Å²) in [6.07, 6.45) is 2.01. The Hall–Kier alpha value is -1.21. The molecule has 24 heavy (non-hydrogen) atoms. The van der Waals surface area contributed by atoms with E-state index in [9.17, 15) is 9.18 Å². The Morgan fingerprint density at radius 1 is 1.33 bits per heavy atom. The summed E-state index contributed by atoms with van der Waals surface area (Å²) >= 11 is 1.43. The highest BCUT2D eigenvalue weighted by molar-refractivity contribution is 7.13. The Bertz CT molecular complexity index is 675. The lowest BCUT2D eigenvalue weighted by Crippen LogP contribution is -2.43. The van der Waals surface area contributed by atoms with Gasteiger partial charge in [-0.1, -0.05) is 12.1 Å². The molecule has 1 fully saturated rings. The van der Waals surface area contributed by atoms with Gasteiger partial charge in [0.05, 0.1) is 12.1 Å². The summed E-state index contributed by atoms with van der Waals surface area (Å²) in [7, 11) is 0. The van der Waals surface area contributed by atoms with Crippen LogP contribution < -0.4 is 5.73 Å². The normalized spacial score (nSPS) is 14.7. The summed E-state index contributed by atoms with van der Waals surface area (Å²) in [4.78, 5) is 18.6. The smallest absolute Gasteiger partial charge is 0.228 e. The van der Waals surface area contributed by atoms with E-state index in [4.69, 9.17) is 5.73 Å². The number of benzene rings is 1. The molecule has 1 aromatic carbocycles. The van der Waals surface area contributed by atoms with E-state index in [1.54, 1.807) is 6.07 Å². The van der Waals surface area contributed by atoms with Crippen LogP contribution >= 0.6 is 36.2 Å². The number of piperidine rings is 1. The van der Waals surface area contributed by atoms with Crippen molar-refractivity contribution in [2.45, 2.75) is 25.3 Å². The van der Waals surface area contributed by atoms with E-state index in [2.05, 4.69) is 4.98 Å². The van der Waals surface area contributed by atoms with Gasteiger partial charge in [0.25, 0.3) is 0 Å². The summed E-state index contributed by atoms with van der Waals surface area (Å²) in [5, 5.41) is 2.61. The topological polar surface area (TPSA) is 59.2 Å². The molecule has 2 heterocycles. The third-order valence-corrected chi connectivity index (χ3v) is 4.79. The van der Waals surface area contributed by atoms with Gasteiger partial charge in [-0.25, -0.2) is 9.37 Å². The molecule has 1 amide bonds. The number of likely N-dealkylation sites (tertiary alicyclic amines) is 1. The summed E-state index contributed by atoms with van der Waals surface area (Å²) < 4.78 is 13.3. The van der Waals surface area contributed by atoms with Crippen molar-refractivity contribution < 1.29 is 9.18 Å². The van der Waals surface area contributed by atoms with Crippen LogP contribution in [0.1, 0.15) is 18.5 Å². The van der Waals surface area contributed by atoms with Gasteiger partial charge in [-0.3, -0.25) is 4.79 Å². The summed E-state index contributed by atoms with van der Waals surface area (Å²) in [6, 6.07) is 6.55. The second-order valence-electron chi connectivity index (χ2n) is 5.55. The molecule has 0 unspecified atom stereocenters. The number of nitrogens with two attached hydrogens (primary N) is 1. The molecule has 3 rings (SSSR count). The van der Waals surface area contributed by atoms with Crippen LogP contribution in [0.4, 0.5) is 4.39 Å². The third-order valence-electron chi connectivity index (χ3n) is 3.85. The molecule has 0 radical (unpaired) electrons. The number of thiazole rings is 1. The minimum absolute atomic E-state index is 0. The fourth-order valence-corrected chi connectivity index (χ4v) is 3.37. The molecule has 4 nitrogen and oxygen atoms in total. The number of amides is 1. The van der Waals surface area contributed by atoms with Crippen LogP contribution in [0, 0.1) is 5.82 Å². The van der Waals surface area contributed by atoms with Crippen LogP contribution in [0.15, 0.2) is 29.6 Å². The molecule has 1 saturated heterocycles. The second-order valence-corrected chi connectivity index (χ2v) is 6.41. The van der Waals surface area contributed by atoms with Crippen molar-refractivity contribution in [2.75, 3.05) is 13.1 Å². The van der Waals surface area contributed by atoms with Gasteiger partial charge in [0.1, 0.15) is 10.8 Å². The lowest BCUT2D eigenvalue weighted by Gasteiger charge is -2.30. The number of hydrogen-bond acceptors (Lipinski definition) is 4. The zero-order chi connectivity index (χ0) is 15.5. The predicted molar refractivity (Wildman–Crippen MR) is 99.5 cm³/mol. The van der Waals surface area contributed by atoms with Crippen LogP contribution in [0.3, 0.4) is 0 Å². The number of carbonyl (C=O) groups is 1. The number of carbonyl (C=O) groups excluding carboxylic acids is 1. The van der Waals surface area contributed by atoms with E-state index in [1.807, 2.05) is 16.3 Å². The second kappa shape index (κ2) is 9.32. The van der Waals surface area contributed by atoms with Gasteiger partial charge >= 0.3 is 0 Å². The van der Waals surface area contributed by atoms with Crippen molar-refractivity contribution >= 4 is 42.1 Å². The van der Waals surface area contributed by atoms with Crippen molar-refractivity contribution in [2.24, 2.45) is 5.73 Å². The highest BCUT2D eigenvalue weighted by Gasteiger charge is 2.21. The maximum Gasteiger partial charge on any atom is 0.228 e. The lowest BCUT2D eigenvalue weighted by atomic mass is 10.1. The number of nitrogens with zero attached hydrogens (tertiary/aromatic N) is 2. The third kappa shape index (κ3) is 5.14. The summed E-state index contributed by atoms with van der Waals surface area (Å²) in [6.45, 7) is 1.45. The van der Waals surface area contributed by atoms with Gasteiger partial charge in [-0.05, 0) is 25.0 Å². The number of hydrogen-bond donors (Lipinski definition) is 1. The monoisotopic (exact) mass is 391 g/mol. The van der Waals surface area contributed by atoms with Gasteiger partial charge in [-0.15, -0.1) is 36.2 Å². The summed E-state index contributed by atoms with van der Waals surface area (Å²) in [5.41, 5.74) is 7.33. The number of rotatable bonds is 3. The first-order chi connectivity index (χ1) is 10.6. The van der Waals surface area contributed by atoms with E-state index in [0.717, 1.165) is 42.2 Å². The van der Waals surface area contributed by atoms with Crippen LogP contribution in [0.2, 0.25) is 0 Å². The Labute approximate surface area is 157 Å². The Balaban J connectivity index is 0.00000144. The molecule has 1 aliphatic rings.